The number of amides is 2. The van der Waals surface area contributed by atoms with Crippen LogP contribution >= 0.6 is 0 Å². The molecule has 1 aliphatic rings. The van der Waals surface area contributed by atoms with E-state index in [1.54, 1.807) is 6.07 Å². The molecule has 242 valence electrons. The summed E-state index contributed by atoms with van der Waals surface area (Å²) in [4.78, 5) is 39.0. The predicted molar refractivity (Wildman–Crippen MR) is 172 cm³/mol. The molecule has 2 aromatic rings. The number of rotatable bonds is 13. The first-order valence-corrected chi connectivity index (χ1v) is 14.8. The number of carbonyl (C=O) groups is 3. The van der Waals surface area contributed by atoms with Crippen molar-refractivity contribution in [3.8, 4) is 0 Å². The van der Waals surface area contributed by atoms with Crippen LogP contribution in [-0.4, -0.2) is 110 Å². The zero-order valence-electron chi connectivity index (χ0n) is 26.8. The van der Waals surface area contributed by atoms with Crippen LogP contribution in [0.1, 0.15) is 48.9 Å². The van der Waals surface area contributed by atoms with Gasteiger partial charge in [-0.2, -0.15) is 0 Å². The third-order valence-corrected chi connectivity index (χ3v) is 8.62. The number of anilines is 1. The Morgan fingerprint density at radius 3 is 2.27 bits per heavy atom. The minimum Gasteiger partial charge on any atom is -0.373 e. The smallest absolute Gasteiger partial charge is 0.279 e. The number of aldehydes is 1. The standard InChI is InChI=1S/C29H42B3FN4O8/c1-17-7-5-8-23(24(17)29(43,44)37(16-39)26(30,11-6-12-38)25(40)34-4)35-28(41,42)21-10-9-20(13-22(21)33)27(31,32)36-14-18(2)45-19(3)15-36/h5,7-10,12-13,16,18-19,35,41-44H,6,11,14-15,30-32H2,1-4H3,(H,34,40). The van der Waals surface area contributed by atoms with Crippen LogP contribution in [0.5, 0.6) is 0 Å². The Hall–Kier alpha value is -3.27. The van der Waals surface area contributed by atoms with Gasteiger partial charge in [0, 0.05) is 32.2 Å². The monoisotopic (exact) mass is 626 g/mol. The van der Waals surface area contributed by atoms with Gasteiger partial charge in [0.2, 0.25) is 12.3 Å². The number of halogens is 1. The van der Waals surface area contributed by atoms with E-state index in [-0.39, 0.29) is 42.7 Å². The molecule has 0 saturated carbocycles. The average Bonchev–Trinajstić information content (AvgIpc) is 2.94. The van der Waals surface area contributed by atoms with Crippen molar-refractivity contribution in [2.45, 2.75) is 68.4 Å². The van der Waals surface area contributed by atoms with E-state index in [2.05, 4.69) is 15.5 Å². The van der Waals surface area contributed by atoms with E-state index in [4.69, 9.17) is 4.74 Å². The summed E-state index contributed by atoms with van der Waals surface area (Å²) in [6.45, 7) is 6.64. The van der Waals surface area contributed by atoms with Gasteiger partial charge in [-0.3, -0.25) is 14.5 Å². The Balaban J connectivity index is 2.03. The van der Waals surface area contributed by atoms with E-state index in [1.165, 1.54) is 52.1 Å². The first kappa shape index (κ1) is 36.2. The fraction of sp³-hybridized carbons (Fsp3) is 0.483. The summed E-state index contributed by atoms with van der Waals surface area (Å²) in [6, 6.07) is 8.24. The first-order chi connectivity index (χ1) is 20.9. The maximum Gasteiger partial charge on any atom is 0.279 e. The number of aryl methyl sites for hydroxylation is 1. The first-order valence-electron chi connectivity index (χ1n) is 14.8. The zero-order valence-corrected chi connectivity index (χ0v) is 26.8. The van der Waals surface area contributed by atoms with Crippen LogP contribution in [0.15, 0.2) is 36.4 Å². The molecule has 3 unspecified atom stereocenters. The summed E-state index contributed by atoms with van der Waals surface area (Å²) in [6.07, 6.45) is 0.0917. The number of ether oxygens (including phenoxy) is 1. The highest BCUT2D eigenvalue weighted by Gasteiger charge is 2.50. The van der Waals surface area contributed by atoms with Crippen LogP contribution < -0.4 is 10.6 Å². The second kappa shape index (κ2) is 13.6. The van der Waals surface area contributed by atoms with Gasteiger partial charge >= 0.3 is 0 Å². The highest BCUT2D eigenvalue weighted by atomic mass is 19.1. The summed E-state index contributed by atoms with van der Waals surface area (Å²) in [5.74, 6) is -8.00. The molecule has 0 spiro atoms. The molecule has 12 nitrogen and oxygen atoms in total. The summed E-state index contributed by atoms with van der Waals surface area (Å²) in [5.41, 5.74) is -2.40. The number of hydrogen-bond acceptors (Lipinski definition) is 10. The van der Waals surface area contributed by atoms with E-state index in [9.17, 15) is 34.8 Å². The molecule has 1 heterocycles. The van der Waals surface area contributed by atoms with Crippen LogP contribution in [0, 0.1) is 12.7 Å². The molecule has 2 aromatic carbocycles. The molecule has 1 saturated heterocycles. The van der Waals surface area contributed by atoms with Gasteiger partial charge < -0.3 is 45.5 Å². The number of hydrogen-bond donors (Lipinski definition) is 6. The Morgan fingerprint density at radius 2 is 1.73 bits per heavy atom. The van der Waals surface area contributed by atoms with Crippen LogP contribution in [0.2, 0.25) is 0 Å². The number of nitrogens with one attached hydrogen (secondary N) is 2. The molecule has 1 fully saturated rings. The number of morpholine rings is 1. The predicted octanol–water partition coefficient (Wildman–Crippen LogP) is -2.57. The maximum absolute atomic E-state index is 15.7. The average molecular weight is 626 g/mol. The third kappa shape index (κ3) is 7.26. The topological polar surface area (TPSA) is 172 Å². The molecular weight excluding hydrogens is 584 g/mol. The van der Waals surface area contributed by atoms with Crippen molar-refractivity contribution in [1.29, 1.82) is 0 Å². The molecular formula is C29H42B3FN4O8. The van der Waals surface area contributed by atoms with E-state index >= 15 is 4.39 Å². The third-order valence-electron chi connectivity index (χ3n) is 8.62. The van der Waals surface area contributed by atoms with Crippen LogP contribution in [0.25, 0.3) is 0 Å². The van der Waals surface area contributed by atoms with Crippen LogP contribution in [-0.2, 0) is 36.3 Å². The van der Waals surface area contributed by atoms with E-state index in [0.29, 0.717) is 29.8 Å². The van der Waals surface area contributed by atoms with Gasteiger partial charge in [0.25, 0.3) is 11.8 Å². The second-order valence-corrected chi connectivity index (χ2v) is 12.4. The number of nitrogens with zero attached hydrogens (tertiary/aromatic N) is 2. The fourth-order valence-electron chi connectivity index (χ4n) is 6.07. The summed E-state index contributed by atoms with van der Waals surface area (Å²) in [7, 11) is 6.43. The van der Waals surface area contributed by atoms with E-state index in [0.717, 1.165) is 0 Å². The summed E-state index contributed by atoms with van der Waals surface area (Å²) < 4.78 is 21.5. The van der Waals surface area contributed by atoms with E-state index in [1.807, 2.05) is 29.5 Å². The normalized spacial score (nSPS) is 19.3. The van der Waals surface area contributed by atoms with Crippen molar-refractivity contribution in [1.82, 2.24) is 15.1 Å². The number of benzene rings is 2. The van der Waals surface area contributed by atoms with Crippen LogP contribution in [0.4, 0.5) is 10.1 Å². The van der Waals surface area contributed by atoms with Crippen molar-refractivity contribution in [2.24, 2.45) is 0 Å². The molecule has 6 N–H and O–H groups in total. The molecule has 1 aliphatic heterocycles. The lowest BCUT2D eigenvalue weighted by atomic mass is 9.56. The van der Waals surface area contributed by atoms with Crippen molar-refractivity contribution >= 4 is 47.8 Å². The van der Waals surface area contributed by atoms with Crippen LogP contribution in [0.3, 0.4) is 0 Å². The largest absolute Gasteiger partial charge is 0.373 e. The van der Waals surface area contributed by atoms with Gasteiger partial charge in [-0.15, -0.1) is 0 Å². The van der Waals surface area contributed by atoms with Crippen molar-refractivity contribution in [3.05, 3.63) is 64.5 Å². The molecule has 45 heavy (non-hydrogen) atoms. The molecule has 3 rings (SSSR count). The lowest BCUT2D eigenvalue weighted by Gasteiger charge is -2.46. The second-order valence-electron chi connectivity index (χ2n) is 12.4. The van der Waals surface area contributed by atoms with Crippen molar-refractivity contribution < 1.29 is 43.9 Å². The van der Waals surface area contributed by atoms with E-state index < -0.39 is 45.4 Å². The minimum atomic E-state index is -3.21. The Bertz CT molecular complexity index is 1410. The number of carbonyl (C=O) groups excluding carboxylic acids is 3. The molecule has 0 aliphatic carbocycles. The number of likely N-dealkylation sites (N-methyl/N-ethyl adjacent to an activating group) is 1. The fourth-order valence-corrected chi connectivity index (χ4v) is 6.07. The summed E-state index contributed by atoms with van der Waals surface area (Å²) in [5, 5.41) is 49.4. The van der Waals surface area contributed by atoms with Gasteiger partial charge in [0.15, 0.2) is 0 Å². The van der Waals surface area contributed by atoms with Gasteiger partial charge in [-0.1, -0.05) is 18.2 Å². The Morgan fingerprint density at radius 1 is 1.11 bits per heavy atom. The van der Waals surface area contributed by atoms with Gasteiger partial charge in [-0.05, 0) is 61.9 Å². The number of aliphatic hydroxyl groups is 4. The Kier molecular flexibility index (Phi) is 11.0. The molecule has 0 radical (unpaired) electrons. The maximum atomic E-state index is 15.7. The Labute approximate surface area is 265 Å². The quantitative estimate of drug-likeness (QED) is 0.0790. The molecule has 0 aromatic heterocycles. The van der Waals surface area contributed by atoms with Gasteiger partial charge in [-0.25, -0.2) is 4.39 Å². The van der Waals surface area contributed by atoms with Gasteiger partial charge in [0.05, 0.1) is 28.8 Å². The highest BCUT2D eigenvalue weighted by molar-refractivity contribution is 6.39. The van der Waals surface area contributed by atoms with Gasteiger partial charge in [0.1, 0.15) is 35.6 Å². The summed E-state index contributed by atoms with van der Waals surface area (Å²) >= 11 is 0. The molecule has 3 atom stereocenters. The lowest BCUT2D eigenvalue weighted by molar-refractivity contribution is -0.275. The lowest BCUT2D eigenvalue weighted by Crippen LogP contribution is -2.65. The molecule has 0 bridgehead atoms. The SMILES string of the molecule is BC(CCC=O)(C(=O)NC)N(C=O)C(O)(O)c1c(C)cccc1NC(O)(O)c1ccc(C(B)(B)N2CC(C)OC(C)C2)cc1F. The highest BCUT2D eigenvalue weighted by Crippen LogP contribution is 2.38. The minimum absolute atomic E-state index is 0.0213. The van der Waals surface area contributed by atoms with Crippen molar-refractivity contribution in [3.63, 3.8) is 0 Å². The molecule has 16 heteroatoms. The molecule has 2 amide bonds. The van der Waals surface area contributed by atoms with Crippen molar-refractivity contribution in [2.75, 3.05) is 25.5 Å². The zero-order chi connectivity index (χ0) is 34.0.